The van der Waals surface area contributed by atoms with Gasteiger partial charge in [-0.3, -0.25) is 4.79 Å². The number of amides is 1. The zero-order chi connectivity index (χ0) is 15.4. The summed E-state index contributed by atoms with van der Waals surface area (Å²) in [4.78, 5) is 16.4. The number of hydrogen-bond donors (Lipinski definition) is 1. The van der Waals surface area contributed by atoms with Gasteiger partial charge in [0.15, 0.2) is 0 Å². The zero-order valence-corrected chi connectivity index (χ0v) is 13.2. The number of methoxy groups -OCH3 is 1. The number of nitrogens with zero attached hydrogens (tertiary/aromatic N) is 1. The molecule has 0 spiro atoms. The zero-order valence-electron chi connectivity index (χ0n) is 12.4. The Kier molecular flexibility index (Phi) is 4.70. The fraction of sp³-hybridized carbons (Fsp3) is 0.375. The van der Waals surface area contributed by atoms with E-state index in [4.69, 9.17) is 9.47 Å². The standard InChI is InChI=1S/C16H18N2O3S/c1-20-12-6-4-11(5-7-12)13-10-22-15(18-13)9-17-16(19)14-3-2-8-21-14/h4-7,10,14H,2-3,8-9H2,1H3,(H,17,19)/t14-/m0/s1. The fourth-order valence-electron chi connectivity index (χ4n) is 2.35. The van der Waals surface area contributed by atoms with Gasteiger partial charge in [0.2, 0.25) is 5.91 Å². The molecule has 1 saturated heterocycles. The molecule has 6 heteroatoms. The summed E-state index contributed by atoms with van der Waals surface area (Å²) in [6, 6.07) is 7.77. The van der Waals surface area contributed by atoms with E-state index < -0.39 is 0 Å². The Morgan fingerprint density at radius 2 is 2.27 bits per heavy atom. The topological polar surface area (TPSA) is 60.5 Å². The van der Waals surface area contributed by atoms with Gasteiger partial charge in [-0.1, -0.05) is 0 Å². The third-order valence-corrected chi connectivity index (χ3v) is 4.42. The van der Waals surface area contributed by atoms with Gasteiger partial charge in [-0.15, -0.1) is 11.3 Å². The Bertz CT molecular complexity index is 633. The first-order valence-electron chi connectivity index (χ1n) is 7.24. The fourth-order valence-corrected chi connectivity index (χ4v) is 3.09. The number of hydrogen-bond acceptors (Lipinski definition) is 5. The van der Waals surface area contributed by atoms with Crippen molar-refractivity contribution >= 4 is 17.2 Å². The summed E-state index contributed by atoms with van der Waals surface area (Å²) in [6.07, 6.45) is 1.47. The molecule has 0 aliphatic carbocycles. The molecule has 2 aromatic rings. The van der Waals surface area contributed by atoms with Crippen molar-refractivity contribution in [3.8, 4) is 17.0 Å². The molecule has 3 rings (SSSR count). The predicted octanol–water partition coefficient (Wildman–Crippen LogP) is 2.61. The van der Waals surface area contributed by atoms with Crippen molar-refractivity contribution in [2.24, 2.45) is 0 Å². The maximum absolute atomic E-state index is 11.9. The summed E-state index contributed by atoms with van der Waals surface area (Å²) in [6.45, 7) is 1.12. The molecule has 1 aliphatic rings. The van der Waals surface area contributed by atoms with Gasteiger partial charge < -0.3 is 14.8 Å². The molecule has 1 aromatic carbocycles. The van der Waals surface area contributed by atoms with Crippen LogP contribution in [0.4, 0.5) is 0 Å². The van der Waals surface area contributed by atoms with Crippen LogP contribution in [-0.2, 0) is 16.1 Å². The van der Waals surface area contributed by atoms with Crippen LogP contribution in [0.1, 0.15) is 17.8 Å². The Morgan fingerprint density at radius 1 is 1.45 bits per heavy atom. The van der Waals surface area contributed by atoms with Crippen LogP contribution in [0, 0.1) is 0 Å². The van der Waals surface area contributed by atoms with Crippen LogP contribution >= 0.6 is 11.3 Å². The highest BCUT2D eigenvalue weighted by Crippen LogP contribution is 2.24. The smallest absolute Gasteiger partial charge is 0.249 e. The van der Waals surface area contributed by atoms with E-state index in [-0.39, 0.29) is 12.0 Å². The van der Waals surface area contributed by atoms with Gasteiger partial charge in [-0.2, -0.15) is 0 Å². The van der Waals surface area contributed by atoms with Crippen molar-refractivity contribution in [1.82, 2.24) is 10.3 Å². The van der Waals surface area contributed by atoms with Crippen LogP contribution in [0.25, 0.3) is 11.3 Å². The van der Waals surface area contributed by atoms with E-state index in [0.29, 0.717) is 13.2 Å². The maximum atomic E-state index is 11.9. The van der Waals surface area contributed by atoms with Gasteiger partial charge in [-0.25, -0.2) is 4.98 Å². The van der Waals surface area contributed by atoms with Crippen molar-refractivity contribution < 1.29 is 14.3 Å². The largest absolute Gasteiger partial charge is 0.497 e. The van der Waals surface area contributed by atoms with Crippen LogP contribution in [0.2, 0.25) is 0 Å². The summed E-state index contributed by atoms with van der Waals surface area (Å²) >= 11 is 1.54. The van der Waals surface area contributed by atoms with E-state index in [1.165, 1.54) is 0 Å². The molecule has 5 nitrogen and oxygen atoms in total. The number of benzene rings is 1. The number of carbonyl (C=O) groups excluding carboxylic acids is 1. The summed E-state index contributed by atoms with van der Waals surface area (Å²) in [5.74, 6) is 0.779. The third kappa shape index (κ3) is 3.45. The quantitative estimate of drug-likeness (QED) is 0.920. The predicted molar refractivity (Wildman–Crippen MR) is 84.9 cm³/mol. The molecule has 0 bridgehead atoms. The van der Waals surface area contributed by atoms with Crippen LogP contribution in [0.5, 0.6) is 5.75 Å². The number of thiazole rings is 1. The molecule has 1 fully saturated rings. The van der Waals surface area contributed by atoms with Crippen molar-refractivity contribution in [2.45, 2.75) is 25.5 Å². The average molecular weight is 318 g/mol. The van der Waals surface area contributed by atoms with Gasteiger partial charge in [0.25, 0.3) is 0 Å². The summed E-state index contributed by atoms with van der Waals surface area (Å²) in [7, 11) is 1.65. The Labute approximate surface area is 133 Å². The number of ether oxygens (including phenoxy) is 2. The average Bonchev–Trinajstić information content (AvgIpc) is 3.24. The second-order valence-electron chi connectivity index (χ2n) is 5.07. The second kappa shape index (κ2) is 6.89. The van der Waals surface area contributed by atoms with Crippen LogP contribution < -0.4 is 10.1 Å². The minimum Gasteiger partial charge on any atom is -0.497 e. The Balaban J connectivity index is 1.59. The molecule has 1 aliphatic heterocycles. The molecule has 0 unspecified atom stereocenters. The molecular weight excluding hydrogens is 300 g/mol. The van der Waals surface area contributed by atoms with Crippen molar-refractivity contribution in [3.63, 3.8) is 0 Å². The molecule has 1 atom stereocenters. The first-order valence-corrected chi connectivity index (χ1v) is 8.12. The minimum absolute atomic E-state index is 0.0429. The highest BCUT2D eigenvalue weighted by molar-refractivity contribution is 7.09. The molecular formula is C16H18N2O3S. The highest BCUT2D eigenvalue weighted by Gasteiger charge is 2.23. The molecule has 0 radical (unpaired) electrons. The monoisotopic (exact) mass is 318 g/mol. The number of carbonyl (C=O) groups is 1. The van der Waals surface area contributed by atoms with Crippen molar-refractivity contribution in [1.29, 1.82) is 0 Å². The number of rotatable bonds is 5. The Hall–Kier alpha value is -1.92. The molecule has 1 N–H and O–H groups in total. The van der Waals surface area contributed by atoms with Gasteiger partial charge in [0, 0.05) is 17.6 Å². The third-order valence-electron chi connectivity index (χ3n) is 3.57. The maximum Gasteiger partial charge on any atom is 0.249 e. The molecule has 22 heavy (non-hydrogen) atoms. The number of nitrogens with one attached hydrogen (secondary N) is 1. The lowest BCUT2D eigenvalue weighted by atomic mass is 10.2. The lowest BCUT2D eigenvalue weighted by Gasteiger charge is -2.08. The van der Waals surface area contributed by atoms with E-state index in [0.717, 1.165) is 34.9 Å². The van der Waals surface area contributed by atoms with Crippen LogP contribution in [0.15, 0.2) is 29.6 Å². The van der Waals surface area contributed by atoms with Gasteiger partial charge in [-0.05, 0) is 37.1 Å². The van der Waals surface area contributed by atoms with Crippen LogP contribution in [0.3, 0.4) is 0 Å². The summed E-state index contributed by atoms with van der Waals surface area (Å²) in [5.41, 5.74) is 1.95. The molecule has 0 saturated carbocycles. The van der Waals surface area contributed by atoms with Crippen molar-refractivity contribution in [3.05, 3.63) is 34.7 Å². The van der Waals surface area contributed by atoms with Gasteiger partial charge >= 0.3 is 0 Å². The SMILES string of the molecule is COc1ccc(-c2csc(CNC(=O)[C@@H]3CCCO3)n2)cc1. The van der Waals surface area contributed by atoms with E-state index in [2.05, 4.69) is 10.3 Å². The van der Waals surface area contributed by atoms with Gasteiger partial charge in [0.05, 0.1) is 19.3 Å². The van der Waals surface area contributed by atoms with E-state index in [1.54, 1.807) is 18.4 Å². The minimum atomic E-state index is -0.291. The van der Waals surface area contributed by atoms with Crippen LogP contribution in [-0.4, -0.2) is 30.7 Å². The molecule has 1 amide bonds. The van der Waals surface area contributed by atoms with Gasteiger partial charge in [0.1, 0.15) is 16.9 Å². The van der Waals surface area contributed by atoms with E-state index in [1.807, 2.05) is 29.6 Å². The molecule has 1 aromatic heterocycles. The Morgan fingerprint density at radius 3 is 2.95 bits per heavy atom. The second-order valence-corrected chi connectivity index (χ2v) is 6.02. The lowest BCUT2D eigenvalue weighted by Crippen LogP contribution is -2.33. The lowest BCUT2D eigenvalue weighted by molar-refractivity contribution is -0.130. The van der Waals surface area contributed by atoms with Crippen molar-refractivity contribution in [2.75, 3.05) is 13.7 Å². The first kappa shape index (κ1) is 15.0. The van der Waals surface area contributed by atoms with E-state index >= 15 is 0 Å². The summed E-state index contributed by atoms with van der Waals surface area (Å²) in [5, 5.41) is 5.77. The molecule has 2 heterocycles. The molecule has 116 valence electrons. The first-order chi connectivity index (χ1) is 10.8. The normalized spacial score (nSPS) is 17.4. The summed E-state index contributed by atoms with van der Waals surface area (Å²) < 4.78 is 10.5. The van der Waals surface area contributed by atoms with E-state index in [9.17, 15) is 4.79 Å². The highest BCUT2D eigenvalue weighted by atomic mass is 32.1. The number of aromatic nitrogens is 1.